The van der Waals surface area contributed by atoms with E-state index in [1.807, 2.05) is 37.3 Å². The Kier molecular flexibility index (Phi) is 6.26. The zero-order valence-electron chi connectivity index (χ0n) is 20.0. The fraction of sp³-hybridized carbons (Fsp3) is 0.636. The second kappa shape index (κ2) is 8.48. The van der Waals surface area contributed by atoms with E-state index in [1.165, 1.54) is 10.6 Å². The maximum Gasteiger partial charge on any atom is 0.407 e. The van der Waals surface area contributed by atoms with Crippen LogP contribution in [0.3, 0.4) is 0 Å². The molecule has 10 heteroatoms. The lowest BCUT2D eigenvalue weighted by Crippen LogP contribution is -2.45. The van der Waals surface area contributed by atoms with Crippen LogP contribution < -0.4 is 0 Å². The van der Waals surface area contributed by atoms with Crippen LogP contribution in [0, 0.1) is 19.3 Å². The number of rotatable bonds is 0. The van der Waals surface area contributed by atoms with Crippen LogP contribution in [0.2, 0.25) is 0 Å². The third kappa shape index (κ3) is 4.31. The van der Waals surface area contributed by atoms with Crippen LogP contribution in [-0.4, -0.2) is 64.8 Å². The van der Waals surface area contributed by atoms with E-state index in [9.17, 15) is 14.7 Å². The van der Waals surface area contributed by atoms with Gasteiger partial charge in [0.2, 0.25) is 0 Å². The minimum absolute atomic E-state index is 0.118. The van der Waals surface area contributed by atoms with Gasteiger partial charge in [-0.2, -0.15) is 10.2 Å². The van der Waals surface area contributed by atoms with Gasteiger partial charge in [-0.25, -0.2) is 9.59 Å². The monoisotopic (exact) mass is 446 g/mol. The highest BCUT2D eigenvalue weighted by Crippen LogP contribution is 2.43. The van der Waals surface area contributed by atoms with E-state index >= 15 is 0 Å². The molecule has 2 aromatic heterocycles. The van der Waals surface area contributed by atoms with Crippen molar-refractivity contribution in [2.24, 2.45) is 19.5 Å². The smallest absolute Gasteiger partial charge is 0.407 e. The van der Waals surface area contributed by atoms with Crippen molar-refractivity contribution < 1.29 is 19.8 Å². The van der Waals surface area contributed by atoms with Gasteiger partial charge in [-0.15, -0.1) is 0 Å². The lowest BCUT2D eigenvalue weighted by molar-refractivity contribution is 0.0750. The summed E-state index contributed by atoms with van der Waals surface area (Å²) in [5.41, 5.74) is 6.25. The van der Waals surface area contributed by atoms with Crippen molar-refractivity contribution in [2.45, 2.75) is 60.0 Å². The molecule has 2 aromatic rings. The summed E-state index contributed by atoms with van der Waals surface area (Å²) < 4.78 is 3.71. The lowest BCUT2D eigenvalue weighted by atomic mass is 9.78. The molecule has 10 nitrogen and oxygen atoms in total. The Morgan fingerprint density at radius 3 is 2.19 bits per heavy atom. The standard InChI is InChI=1S/C13H21N3O2.C9H13N3O2/c1-8-10-9(15(5)14-8)6-7-16(12(17)18)11(10)13(2,3)4;1-6-7-5-12(9(13)14)4-3-8(7)10-11(6)2/h11H,6-7H2,1-5H3,(H,17,18);3-5H2,1-2H3,(H,13,14). The highest BCUT2D eigenvalue weighted by Gasteiger charge is 2.41. The Labute approximate surface area is 188 Å². The first-order valence-electron chi connectivity index (χ1n) is 10.8. The SMILES string of the molecule is Cc1c2c(nn1C)CCN(C(=O)O)C2.Cc1nn(C)c2c1C(C(C)(C)C)N(C(=O)O)CC2. The fourth-order valence-corrected chi connectivity index (χ4v) is 4.79. The molecule has 0 spiro atoms. The van der Waals surface area contributed by atoms with Crippen molar-refractivity contribution in [1.82, 2.24) is 29.4 Å². The second-order valence-electron chi connectivity index (χ2n) is 9.65. The summed E-state index contributed by atoms with van der Waals surface area (Å²) in [6, 6.07) is -0.118. The van der Waals surface area contributed by atoms with Crippen LogP contribution in [0.25, 0.3) is 0 Å². The number of aromatic nitrogens is 4. The van der Waals surface area contributed by atoms with E-state index in [1.54, 1.807) is 4.90 Å². The summed E-state index contributed by atoms with van der Waals surface area (Å²) in [4.78, 5) is 25.2. The molecular weight excluding hydrogens is 412 g/mol. The van der Waals surface area contributed by atoms with E-state index < -0.39 is 12.2 Å². The summed E-state index contributed by atoms with van der Waals surface area (Å²) in [6.45, 7) is 11.7. The molecule has 176 valence electrons. The minimum atomic E-state index is -0.848. The third-order valence-corrected chi connectivity index (χ3v) is 6.41. The summed E-state index contributed by atoms with van der Waals surface area (Å²) in [5, 5.41) is 27.0. The summed E-state index contributed by atoms with van der Waals surface area (Å²) >= 11 is 0. The molecule has 2 amide bonds. The van der Waals surface area contributed by atoms with E-state index in [0.717, 1.165) is 41.1 Å². The van der Waals surface area contributed by atoms with Crippen molar-refractivity contribution in [3.8, 4) is 0 Å². The molecule has 0 saturated heterocycles. The van der Waals surface area contributed by atoms with Crippen LogP contribution in [0.4, 0.5) is 9.59 Å². The van der Waals surface area contributed by atoms with E-state index in [4.69, 9.17) is 5.11 Å². The predicted molar refractivity (Wildman–Crippen MR) is 119 cm³/mol. The largest absolute Gasteiger partial charge is 0.465 e. The molecule has 2 aliphatic rings. The number of nitrogens with zero attached hydrogens (tertiary/aromatic N) is 6. The highest BCUT2D eigenvalue weighted by atomic mass is 16.4. The van der Waals surface area contributed by atoms with Crippen molar-refractivity contribution in [1.29, 1.82) is 0 Å². The van der Waals surface area contributed by atoms with Crippen LogP contribution in [-0.2, 0) is 33.5 Å². The van der Waals surface area contributed by atoms with Gasteiger partial charge in [-0.1, -0.05) is 20.8 Å². The maximum absolute atomic E-state index is 11.4. The fourth-order valence-electron chi connectivity index (χ4n) is 4.79. The molecule has 0 fully saturated rings. The second-order valence-corrected chi connectivity index (χ2v) is 9.65. The highest BCUT2D eigenvalue weighted by molar-refractivity contribution is 5.67. The van der Waals surface area contributed by atoms with Crippen molar-refractivity contribution >= 4 is 12.2 Å². The summed E-state index contributed by atoms with van der Waals surface area (Å²) in [5.74, 6) is 0. The van der Waals surface area contributed by atoms with Crippen LogP contribution in [0.15, 0.2) is 0 Å². The number of carbonyl (C=O) groups is 2. The number of carboxylic acid groups (broad SMARTS) is 2. The zero-order chi connectivity index (χ0) is 24.0. The van der Waals surface area contributed by atoms with Gasteiger partial charge in [0.15, 0.2) is 0 Å². The average molecular weight is 447 g/mol. The van der Waals surface area contributed by atoms with E-state index in [2.05, 4.69) is 31.0 Å². The predicted octanol–water partition coefficient (Wildman–Crippen LogP) is 3.12. The van der Waals surface area contributed by atoms with Crippen molar-refractivity contribution in [3.05, 3.63) is 33.9 Å². The Hall–Kier alpha value is -3.04. The lowest BCUT2D eigenvalue weighted by Gasteiger charge is -2.42. The van der Waals surface area contributed by atoms with E-state index in [0.29, 0.717) is 19.6 Å². The normalized spacial score (nSPS) is 17.9. The number of hydrogen-bond donors (Lipinski definition) is 2. The maximum atomic E-state index is 11.4. The quantitative estimate of drug-likeness (QED) is 0.642. The number of fused-ring (bicyclic) bond motifs is 2. The van der Waals surface area contributed by atoms with Crippen LogP contribution in [0.1, 0.15) is 60.7 Å². The van der Waals surface area contributed by atoms with Gasteiger partial charge < -0.3 is 20.0 Å². The Morgan fingerprint density at radius 1 is 0.969 bits per heavy atom. The molecule has 0 radical (unpaired) electrons. The topological polar surface area (TPSA) is 117 Å². The molecule has 2 aliphatic heterocycles. The Balaban J connectivity index is 0.000000186. The van der Waals surface area contributed by atoms with Crippen LogP contribution in [0.5, 0.6) is 0 Å². The van der Waals surface area contributed by atoms with Gasteiger partial charge in [0.1, 0.15) is 0 Å². The Bertz CT molecular complexity index is 1030. The minimum Gasteiger partial charge on any atom is -0.465 e. The molecule has 0 saturated carbocycles. The van der Waals surface area contributed by atoms with Gasteiger partial charge in [0.05, 0.1) is 24.0 Å². The van der Waals surface area contributed by atoms with Gasteiger partial charge in [-0.05, 0) is 19.3 Å². The van der Waals surface area contributed by atoms with Gasteiger partial charge in [-0.3, -0.25) is 9.36 Å². The number of amides is 2. The third-order valence-electron chi connectivity index (χ3n) is 6.41. The first-order valence-corrected chi connectivity index (χ1v) is 10.8. The van der Waals surface area contributed by atoms with Crippen molar-refractivity contribution in [2.75, 3.05) is 13.1 Å². The summed E-state index contributed by atoms with van der Waals surface area (Å²) in [6.07, 6.45) is -0.225. The van der Waals surface area contributed by atoms with Gasteiger partial charge >= 0.3 is 12.2 Å². The molecule has 4 rings (SSSR count). The molecule has 1 atom stereocenters. The van der Waals surface area contributed by atoms with E-state index in [-0.39, 0.29) is 11.5 Å². The number of aryl methyl sites for hydroxylation is 3. The van der Waals surface area contributed by atoms with Gasteiger partial charge in [0, 0.05) is 62.5 Å². The molecule has 1 unspecified atom stereocenters. The van der Waals surface area contributed by atoms with Gasteiger partial charge in [0.25, 0.3) is 0 Å². The van der Waals surface area contributed by atoms with Crippen molar-refractivity contribution in [3.63, 3.8) is 0 Å². The number of hydrogen-bond acceptors (Lipinski definition) is 4. The molecular formula is C22H34N6O4. The first kappa shape index (κ1) is 23.6. The first-order chi connectivity index (χ1) is 14.8. The molecule has 4 heterocycles. The molecule has 0 bridgehead atoms. The molecule has 2 N–H and O–H groups in total. The Morgan fingerprint density at radius 2 is 1.62 bits per heavy atom. The molecule has 0 aromatic carbocycles. The molecule has 0 aliphatic carbocycles. The summed E-state index contributed by atoms with van der Waals surface area (Å²) in [7, 11) is 3.82. The average Bonchev–Trinajstić information content (AvgIpc) is 3.15. The molecule has 32 heavy (non-hydrogen) atoms. The van der Waals surface area contributed by atoms with Crippen LogP contribution >= 0.6 is 0 Å². The zero-order valence-corrected chi connectivity index (χ0v) is 20.0.